The first-order valence-corrected chi connectivity index (χ1v) is 12.7. The van der Waals surface area contributed by atoms with Crippen molar-refractivity contribution in [1.29, 1.82) is 0 Å². The normalized spacial score (nSPS) is 11.2. The van der Waals surface area contributed by atoms with Crippen molar-refractivity contribution in [2.24, 2.45) is 5.14 Å². The summed E-state index contributed by atoms with van der Waals surface area (Å²) in [5.41, 5.74) is 2.99. The van der Waals surface area contributed by atoms with Crippen molar-refractivity contribution in [2.75, 3.05) is 5.32 Å². The second-order valence-corrected chi connectivity index (χ2v) is 9.45. The van der Waals surface area contributed by atoms with Gasteiger partial charge in [0.25, 0.3) is 0 Å². The molecule has 10 nitrogen and oxygen atoms in total. The number of anilines is 2. The molecule has 0 bridgehead atoms. The summed E-state index contributed by atoms with van der Waals surface area (Å²) < 4.78 is 60.5. The molecule has 0 atom stereocenters. The van der Waals surface area contributed by atoms with Gasteiger partial charge in [0.2, 0.25) is 16.0 Å². The average Bonchev–Trinajstić information content (AvgIpc) is 2.87. The predicted octanol–water partition coefficient (Wildman–Crippen LogP) is 4.28. The minimum Gasteiger partial charge on any atom is -0.488 e. The van der Waals surface area contributed by atoms with Crippen LogP contribution >= 0.6 is 0 Å². The van der Waals surface area contributed by atoms with Gasteiger partial charge in [0.15, 0.2) is 5.82 Å². The molecule has 4 rings (SSSR count). The van der Waals surface area contributed by atoms with Crippen LogP contribution in [0.4, 0.5) is 24.8 Å². The van der Waals surface area contributed by atoms with Gasteiger partial charge in [-0.05, 0) is 35.4 Å². The van der Waals surface area contributed by atoms with Crippen LogP contribution in [-0.4, -0.2) is 40.6 Å². The van der Waals surface area contributed by atoms with Crippen molar-refractivity contribution >= 4 is 27.6 Å². The number of halogens is 3. The summed E-state index contributed by atoms with van der Waals surface area (Å²) in [6.07, 6.45) is -3.67. The largest absolute Gasteiger partial charge is 0.490 e. The second kappa shape index (κ2) is 12.8. The van der Waals surface area contributed by atoms with Crippen LogP contribution < -0.4 is 15.2 Å². The van der Waals surface area contributed by atoms with Crippen molar-refractivity contribution in [3.63, 3.8) is 0 Å². The Bertz CT molecular complexity index is 1520. The molecule has 14 heteroatoms. The van der Waals surface area contributed by atoms with Gasteiger partial charge in [0.1, 0.15) is 18.7 Å². The van der Waals surface area contributed by atoms with E-state index in [1.807, 2.05) is 54.6 Å². The highest BCUT2D eigenvalue weighted by atomic mass is 32.2. The van der Waals surface area contributed by atoms with E-state index in [0.717, 1.165) is 11.1 Å². The zero-order valence-electron chi connectivity index (χ0n) is 20.0. The monoisotopic (exact) mass is 561 g/mol. The Kier molecular flexibility index (Phi) is 9.52. The molecule has 0 saturated carbocycles. The van der Waals surface area contributed by atoms with E-state index in [-0.39, 0.29) is 5.75 Å². The minimum atomic E-state index is -5.08. The van der Waals surface area contributed by atoms with Crippen LogP contribution in [0.25, 0.3) is 11.4 Å². The second-order valence-electron chi connectivity index (χ2n) is 7.84. The number of nitrogens with two attached hydrogens (primary N) is 1. The topological polar surface area (TPSA) is 157 Å². The number of para-hydroxylation sites is 1. The van der Waals surface area contributed by atoms with Crippen LogP contribution in [0.1, 0.15) is 11.1 Å². The summed E-state index contributed by atoms with van der Waals surface area (Å²) >= 11 is 0. The van der Waals surface area contributed by atoms with Crippen molar-refractivity contribution in [1.82, 2.24) is 15.0 Å². The zero-order chi connectivity index (χ0) is 28.5. The van der Waals surface area contributed by atoms with Gasteiger partial charge < -0.3 is 15.2 Å². The molecule has 1 heterocycles. The Morgan fingerprint density at radius 3 is 2.26 bits per heavy atom. The number of aromatic nitrogens is 3. The smallest absolute Gasteiger partial charge is 0.488 e. The van der Waals surface area contributed by atoms with E-state index >= 15 is 0 Å². The fourth-order valence-electron chi connectivity index (χ4n) is 3.10. The maximum absolute atomic E-state index is 11.4. The molecule has 4 N–H and O–H groups in total. The number of nitrogens with one attached hydrogen (secondary N) is 1. The zero-order valence-corrected chi connectivity index (χ0v) is 20.9. The number of ether oxygens (including phenoxy) is 1. The number of benzene rings is 3. The van der Waals surface area contributed by atoms with Crippen LogP contribution in [0.2, 0.25) is 0 Å². The summed E-state index contributed by atoms with van der Waals surface area (Å²) in [5.74, 6) is -1.58. The standard InChI is InChI=1S/C23H21N5O3S.C2HF3O2/c24-32(29,30)15-18-9-6-10-19(13-18)27-23-26-16-25-22(28-23)20-11-4-5-12-21(20)31-14-17-7-2-1-3-8-17;3-2(4,5)1(6)7/h1-13,16H,14-15H2,(H2,24,29,30)(H,25,26,27,28);(H,6,7). The quantitative estimate of drug-likeness (QED) is 0.286. The van der Waals surface area contributed by atoms with Crippen LogP contribution in [-0.2, 0) is 27.2 Å². The van der Waals surface area contributed by atoms with Crippen LogP contribution in [0.5, 0.6) is 5.75 Å². The van der Waals surface area contributed by atoms with E-state index < -0.39 is 22.2 Å². The number of alkyl halides is 3. The number of nitrogens with zero attached hydrogens (tertiary/aromatic N) is 3. The van der Waals surface area contributed by atoms with Gasteiger partial charge in [0, 0.05) is 5.69 Å². The fraction of sp³-hybridized carbons (Fsp3) is 0.120. The predicted molar refractivity (Wildman–Crippen MR) is 136 cm³/mol. The Morgan fingerprint density at radius 2 is 1.59 bits per heavy atom. The number of carboxylic acids is 1. The molecule has 1 aromatic heterocycles. The molecule has 3 aromatic carbocycles. The molecule has 0 aliphatic carbocycles. The van der Waals surface area contributed by atoms with Gasteiger partial charge in [-0.2, -0.15) is 18.2 Å². The van der Waals surface area contributed by atoms with E-state index in [1.54, 1.807) is 24.3 Å². The highest BCUT2D eigenvalue weighted by Crippen LogP contribution is 2.28. The van der Waals surface area contributed by atoms with Gasteiger partial charge in [-0.1, -0.05) is 54.6 Å². The maximum Gasteiger partial charge on any atom is 0.490 e. The van der Waals surface area contributed by atoms with Crippen LogP contribution in [0.15, 0.2) is 85.2 Å². The van der Waals surface area contributed by atoms with Crippen molar-refractivity contribution in [3.8, 4) is 17.1 Å². The lowest BCUT2D eigenvalue weighted by Crippen LogP contribution is -2.21. The molecular formula is C25H22F3N5O5S. The van der Waals surface area contributed by atoms with Gasteiger partial charge in [-0.3, -0.25) is 0 Å². The first-order valence-electron chi connectivity index (χ1n) is 11.0. The molecular weight excluding hydrogens is 539 g/mol. The Hall–Kier alpha value is -4.56. The van der Waals surface area contributed by atoms with Crippen molar-refractivity contribution < 1.29 is 36.2 Å². The lowest BCUT2D eigenvalue weighted by atomic mass is 10.2. The molecule has 0 unspecified atom stereocenters. The van der Waals surface area contributed by atoms with Crippen molar-refractivity contribution in [2.45, 2.75) is 18.5 Å². The Balaban J connectivity index is 0.000000532. The highest BCUT2D eigenvalue weighted by molar-refractivity contribution is 7.88. The first kappa shape index (κ1) is 29.0. The molecule has 0 saturated heterocycles. The summed E-state index contributed by atoms with van der Waals surface area (Å²) in [7, 11) is -3.62. The average molecular weight is 562 g/mol. The summed E-state index contributed by atoms with van der Waals surface area (Å²) in [6.45, 7) is 0.422. The van der Waals surface area contributed by atoms with Crippen LogP contribution in [0, 0.1) is 0 Å². The number of hydrogen-bond donors (Lipinski definition) is 3. The number of carbonyl (C=O) groups is 1. The number of carboxylic acid groups (broad SMARTS) is 1. The molecule has 0 aliphatic rings. The molecule has 0 radical (unpaired) electrons. The molecule has 39 heavy (non-hydrogen) atoms. The van der Waals surface area contributed by atoms with E-state index in [4.69, 9.17) is 19.8 Å². The molecule has 0 amide bonds. The third kappa shape index (κ3) is 9.68. The third-order valence-corrected chi connectivity index (χ3v) is 5.47. The van der Waals surface area contributed by atoms with E-state index in [0.29, 0.717) is 35.4 Å². The van der Waals surface area contributed by atoms with Gasteiger partial charge >= 0.3 is 12.1 Å². The van der Waals surface area contributed by atoms with Gasteiger partial charge in [-0.25, -0.2) is 28.3 Å². The Morgan fingerprint density at radius 1 is 0.949 bits per heavy atom. The number of sulfonamides is 1. The minimum absolute atomic E-state index is 0.253. The van der Waals surface area contributed by atoms with Gasteiger partial charge in [-0.15, -0.1) is 0 Å². The lowest BCUT2D eigenvalue weighted by Gasteiger charge is -2.12. The third-order valence-electron chi connectivity index (χ3n) is 4.73. The summed E-state index contributed by atoms with van der Waals surface area (Å²) in [6, 6.07) is 24.3. The molecule has 204 valence electrons. The molecule has 0 fully saturated rings. The number of rotatable bonds is 8. The van der Waals surface area contributed by atoms with E-state index in [1.165, 1.54) is 6.33 Å². The molecule has 4 aromatic rings. The molecule has 0 spiro atoms. The Labute approximate surface area is 221 Å². The number of hydrogen-bond acceptors (Lipinski definition) is 8. The van der Waals surface area contributed by atoms with Crippen LogP contribution in [0.3, 0.4) is 0 Å². The highest BCUT2D eigenvalue weighted by Gasteiger charge is 2.38. The number of primary sulfonamides is 1. The van der Waals surface area contributed by atoms with E-state index in [9.17, 15) is 21.6 Å². The SMILES string of the molecule is NS(=O)(=O)Cc1cccc(Nc2ncnc(-c3ccccc3OCc3ccccc3)n2)c1.O=C(O)C(F)(F)F. The fourth-order valence-corrected chi connectivity index (χ4v) is 3.74. The maximum atomic E-state index is 11.4. The lowest BCUT2D eigenvalue weighted by molar-refractivity contribution is -0.192. The molecule has 0 aliphatic heterocycles. The van der Waals surface area contributed by atoms with Crippen molar-refractivity contribution in [3.05, 3.63) is 96.3 Å². The van der Waals surface area contributed by atoms with Gasteiger partial charge in [0.05, 0.1) is 11.3 Å². The van der Waals surface area contributed by atoms with E-state index in [2.05, 4.69) is 20.3 Å². The number of aliphatic carboxylic acids is 1. The summed E-state index contributed by atoms with van der Waals surface area (Å²) in [4.78, 5) is 21.9. The summed E-state index contributed by atoms with van der Waals surface area (Å²) in [5, 5.41) is 15.3. The first-order chi connectivity index (χ1) is 18.4.